The van der Waals surface area contributed by atoms with Crippen LogP contribution < -0.4 is 0 Å². The van der Waals surface area contributed by atoms with Crippen molar-refractivity contribution in [2.24, 2.45) is 0 Å². The van der Waals surface area contributed by atoms with Crippen LogP contribution in [0.15, 0.2) is 0 Å². The molecule has 0 bridgehead atoms. The highest BCUT2D eigenvalue weighted by atomic mass is 16.5. The summed E-state index contributed by atoms with van der Waals surface area (Å²) in [7, 11) is 1.98. The van der Waals surface area contributed by atoms with Crippen molar-refractivity contribution in [1.82, 2.24) is 4.90 Å². The van der Waals surface area contributed by atoms with Crippen molar-refractivity contribution in [3.63, 3.8) is 0 Å². The molecular formula is C10H18N2O. The van der Waals surface area contributed by atoms with Gasteiger partial charge in [-0.25, -0.2) is 0 Å². The fourth-order valence-electron chi connectivity index (χ4n) is 1.41. The van der Waals surface area contributed by atoms with Crippen LogP contribution in [0.1, 0.15) is 26.7 Å². The van der Waals surface area contributed by atoms with Crippen LogP contribution >= 0.6 is 0 Å². The maximum absolute atomic E-state index is 8.91. The van der Waals surface area contributed by atoms with Crippen LogP contribution in [-0.4, -0.2) is 36.7 Å². The third-order valence-electron chi connectivity index (χ3n) is 2.73. The lowest BCUT2D eigenvalue weighted by Gasteiger charge is -2.30. The van der Waals surface area contributed by atoms with Crippen molar-refractivity contribution >= 4 is 0 Å². The van der Waals surface area contributed by atoms with Crippen LogP contribution in [0, 0.1) is 11.3 Å². The summed E-state index contributed by atoms with van der Waals surface area (Å²) in [6.07, 6.45) is 2.62. The van der Waals surface area contributed by atoms with Gasteiger partial charge in [-0.3, -0.25) is 4.90 Å². The Kier molecular flexibility index (Phi) is 3.29. The normalized spacial score (nSPS) is 23.5. The minimum Gasteiger partial charge on any atom is -0.377 e. The van der Waals surface area contributed by atoms with E-state index in [1.807, 2.05) is 20.9 Å². The zero-order chi connectivity index (χ0) is 9.90. The van der Waals surface area contributed by atoms with E-state index >= 15 is 0 Å². The Morgan fingerprint density at radius 1 is 1.62 bits per heavy atom. The molecule has 0 aromatic heterocycles. The first-order chi connectivity index (χ1) is 6.06. The highest BCUT2D eigenvalue weighted by molar-refractivity contribution is 5.01. The van der Waals surface area contributed by atoms with Gasteiger partial charge in [0, 0.05) is 13.2 Å². The zero-order valence-electron chi connectivity index (χ0n) is 8.71. The molecule has 0 spiro atoms. The Morgan fingerprint density at radius 2 is 2.31 bits per heavy atom. The lowest BCUT2D eigenvalue weighted by atomic mass is 10.1. The lowest BCUT2D eigenvalue weighted by molar-refractivity contribution is 0.0609. The Morgan fingerprint density at radius 3 is 2.77 bits per heavy atom. The first kappa shape index (κ1) is 10.5. The number of hydrogen-bond acceptors (Lipinski definition) is 3. The molecule has 1 aliphatic rings. The molecule has 0 saturated carbocycles. The van der Waals surface area contributed by atoms with Gasteiger partial charge in [0.15, 0.2) is 0 Å². The molecule has 1 saturated heterocycles. The third-order valence-corrected chi connectivity index (χ3v) is 2.73. The van der Waals surface area contributed by atoms with E-state index in [1.54, 1.807) is 0 Å². The Labute approximate surface area is 80.3 Å². The first-order valence-electron chi connectivity index (χ1n) is 4.80. The van der Waals surface area contributed by atoms with Crippen molar-refractivity contribution in [1.29, 1.82) is 5.26 Å². The second kappa shape index (κ2) is 4.08. The molecule has 0 radical (unpaired) electrons. The predicted octanol–water partition coefficient (Wildman–Crippen LogP) is 1.40. The van der Waals surface area contributed by atoms with Crippen LogP contribution in [0.2, 0.25) is 0 Å². The second-order valence-electron chi connectivity index (χ2n) is 4.19. The second-order valence-corrected chi connectivity index (χ2v) is 4.19. The van der Waals surface area contributed by atoms with Crippen LogP contribution in [-0.2, 0) is 4.74 Å². The third kappa shape index (κ3) is 2.68. The molecule has 0 N–H and O–H groups in total. The quantitative estimate of drug-likeness (QED) is 0.662. The Hall–Kier alpha value is -0.590. The van der Waals surface area contributed by atoms with E-state index in [9.17, 15) is 0 Å². The fourth-order valence-corrected chi connectivity index (χ4v) is 1.41. The highest BCUT2D eigenvalue weighted by Gasteiger charge is 2.26. The SMILES string of the molecule is CN(C[C@@H]1CCCO1)C(C)(C)C#N. The Balaban J connectivity index is 2.40. The highest BCUT2D eigenvalue weighted by Crippen LogP contribution is 2.17. The molecule has 13 heavy (non-hydrogen) atoms. The van der Waals surface area contributed by atoms with E-state index < -0.39 is 0 Å². The summed E-state index contributed by atoms with van der Waals surface area (Å²) < 4.78 is 5.51. The first-order valence-corrected chi connectivity index (χ1v) is 4.80. The van der Waals surface area contributed by atoms with Gasteiger partial charge >= 0.3 is 0 Å². The lowest BCUT2D eigenvalue weighted by Crippen LogP contribution is -2.43. The number of likely N-dealkylation sites (N-methyl/N-ethyl adjacent to an activating group) is 1. The van der Waals surface area contributed by atoms with Gasteiger partial charge in [0.05, 0.1) is 12.2 Å². The number of nitriles is 1. The van der Waals surface area contributed by atoms with Gasteiger partial charge in [-0.1, -0.05) is 0 Å². The van der Waals surface area contributed by atoms with Crippen molar-refractivity contribution in [2.75, 3.05) is 20.2 Å². The number of ether oxygens (including phenoxy) is 1. The number of nitrogens with zero attached hydrogens (tertiary/aromatic N) is 2. The summed E-state index contributed by atoms with van der Waals surface area (Å²) in [5, 5.41) is 8.91. The van der Waals surface area contributed by atoms with Crippen molar-refractivity contribution in [3.8, 4) is 6.07 Å². The number of rotatable bonds is 3. The Bertz CT molecular complexity index is 201. The van der Waals surface area contributed by atoms with E-state index in [0.29, 0.717) is 6.10 Å². The van der Waals surface area contributed by atoms with E-state index in [4.69, 9.17) is 10.00 Å². The van der Waals surface area contributed by atoms with Gasteiger partial charge in [0.25, 0.3) is 0 Å². The maximum atomic E-state index is 8.91. The van der Waals surface area contributed by atoms with Crippen molar-refractivity contribution in [3.05, 3.63) is 0 Å². The molecule has 0 aliphatic carbocycles. The molecule has 1 atom stereocenters. The van der Waals surface area contributed by atoms with Gasteiger partial charge in [-0.2, -0.15) is 5.26 Å². The smallest absolute Gasteiger partial charge is 0.103 e. The van der Waals surface area contributed by atoms with E-state index in [-0.39, 0.29) is 5.54 Å². The summed E-state index contributed by atoms with van der Waals surface area (Å²) in [6, 6.07) is 2.29. The number of hydrogen-bond donors (Lipinski definition) is 0. The average Bonchev–Trinajstić information content (AvgIpc) is 2.57. The zero-order valence-corrected chi connectivity index (χ0v) is 8.71. The van der Waals surface area contributed by atoms with Gasteiger partial charge < -0.3 is 4.74 Å². The largest absolute Gasteiger partial charge is 0.377 e. The van der Waals surface area contributed by atoms with E-state index in [1.165, 1.54) is 0 Å². The molecule has 0 aromatic carbocycles. The minimum absolute atomic E-state index is 0.331. The van der Waals surface area contributed by atoms with Crippen LogP contribution in [0.25, 0.3) is 0 Å². The van der Waals surface area contributed by atoms with E-state index in [2.05, 4.69) is 11.0 Å². The van der Waals surface area contributed by atoms with Crippen LogP contribution in [0.5, 0.6) is 0 Å². The minimum atomic E-state index is -0.383. The molecule has 74 valence electrons. The van der Waals surface area contributed by atoms with Gasteiger partial charge in [0.2, 0.25) is 0 Å². The summed E-state index contributed by atoms with van der Waals surface area (Å²) in [5.74, 6) is 0. The summed E-state index contributed by atoms with van der Waals surface area (Å²) in [5.41, 5.74) is -0.383. The predicted molar refractivity (Wildman–Crippen MR) is 51.3 cm³/mol. The molecular weight excluding hydrogens is 164 g/mol. The summed E-state index contributed by atoms with van der Waals surface area (Å²) in [4.78, 5) is 2.06. The van der Waals surface area contributed by atoms with Crippen LogP contribution in [0.4, 0.5) is 0 Å². The monoisotopic (exact) mass is 182 g/mol. The molecule has 0 aromatic rings. The molecule has 1 aliphatic heterocycles. The van der Waals surface area contributed by atoms with Gasteiger partial charge in [-0.05, 0) is 33.7 Å². The van der Waals surface area contributed by atoms with Crippen molar-refractivity contribution in [2.45, 2.75) is 38.3 Å². The molecule has 1 heterocycles. The topological polar surface area (TPSA) is 36.3 Å². The molecule has 3 heteroatoms. The van der Waals surface area contributed by atoms with E-state index in [0.717, 1.165) is 26.0 Å². The molecule has 3 nitrogen and oxygen atoms in total. The van der Waals surface area contributed by atoms with Gasteiger partial charge in [0.1, 0.15) is 5.54 Å². The molecule has 1 fully saturated rings. The maximum Gasteiger partial charge on any atom is 0.103 e. The standard InChI is InChI=1S/C10H18N2O/c1-10(2,8-11)12(3)7-9-5-4-6-13-9/h9H,4-7H2,1-3H3/t9-/m0/s1. The summed E-state index contributed by atoms with van der Waals surface area (Å²) >= 11 is 0. The van der Waals surface area contributed by atoms with Gasteiger partial charge in [-0.15, -0.1) is 0 Å². The molecule has 0 amide bonds. The average molecular weight is 182 g/mol. The molecule has 1 rings (SSSR count). The van der Waals surface area contributed by atoms with Crippen molar-refractivity contribution < 1.29 is 4.74 Å². The molecule has 0 unspecified atom stereocenters. The fraction of sp³-hybridized carbons (Fsp3) is 0.900. The van der Waals surface area contributed by atoms with Crippen LogP contribution in [0.3, 0.4) is 0 Å². The summed E-state index contributed by atoms with van der Waals surface area (Å²) in [6.45, 7) is 5.61.